The molecule has 8 nitrogen and oxygen atoms in total. The van der Waals surface area contributed by atoms with E-state index in [2.05, 4.69) is 0 Å². The van der Waals surface area contributed by atoms with Gasteiger partial charge in [-0.15, -0.1) is 0 Å². The van der Waals surface area contributed by atoms with E-state index in [-0.39, 0.29) is 12.1 Å². The zero-order valence-corrected chi connectivity index (χ0v) is 13.8. The van der Waals surface area contributed by atoms with E-state index in [4.69, 9.17) is 9.47 Å². The number of carbonyl (C=O) groups excluding carboxylic acids is 4. The van der Waals surface area contributed by atoms with Crippen LogP contribution in [-0.2, 0) is 9.59 Å². The first kappa shape index (κ1) is 16.9. The molecule has 1 aromatic rings. The first-order chi connectivity index (χ1) is 12.0. The van der Waals surface area contributed by atoms with Crippen molar-refractivity contribution in [3.63, 3.8) is 0 Å². The Morgan fingerprint density at radius 3 is 2.44 bits per heavy atom. The van der Waals surface area contributed by atoms with Gasteiger partial charge in [-0.25, -0.2) is 9.69 Å². The number of ether oxygens (including phenoxy) is 2. The van der Waals surface area contributed by atoms with Gasteiger partial charge in [0.15, 0.2) is 17.3 Å². The number of rotatable bonds is 5. The minimum Gasteiger partial charge on any atom is -0.490 e. The summed E-state index contributed by atoms with van der Waals surface area (Å²) in [5.74, 6) is -1.32. The smallest absolute Gasteiger partial charge is 0.334 e. The maximum Gasteiger partial charge on any atom is 0.334 e. The second-order valence-electron chi connectivity index (χ2n) is 5.77. The van der Waals surface area contributed by atoms with Crippen molar-refractivity contribution in [3.05, 3.63) is 23.8 Å². The van der Waals surface area contributed by atoms with Crippen LogP contribution in [0.1, 0.15) is 30.1 Å². The molecule has 2 heterocycles. The van der Waals surface area contributed by atoms with Crippen LogP contribution < -0.4 is 9.47 Å². The summed E-state index contributed by atoms with van der Waals surface area (Å²) in [7, 11) is 0. The van der Waals surface area contributed by atoms with Gasteiger partial charge in [0.25, 0.3) is 0 Å². The van der Waals surface area contributed by atoms with E-state index in [1.807, 2.05) is 0 Å². The van der Waals surface area contributed by atoms with Gasteiger partial charge in [0, 0.05) is 18.5 Å². The SMILES string of the molecule is CCCN1C(=O)C(=O)N(CC(=O)c2ccc3c(c2)OCCCO3)C1=O. The summed E-state index contributed by atoms with van der Waals surface area (Å²) in [6.45, 7) is 2.47. The molecule has 0 saturated carbocycles. The third-order valence-electron chi connectivity index (χ3n) is 3.95. The average Bonchev–Trinajstić information content (AvgIpc) is 2.80. The zero-order chi connectivity index (χ0) is 18.0. The highest BCUT2D eigenvalue weighted by Crippen LogP contribution is 2.30. The van der Waals surface area contributed by atoms with E-state index < -0.39 is 30.2 Å². The van der Waals surface area contributed by atoms with Gasteiger partial charge in [-0.1, -0.05) is 6.92 Å². The van der Waals surface area contributed by atoms with Crippen molar-refractivity contribution in [3.8, 4) is 11.5 Å². The third-order valence-corrected chi connectivity index (χ3v) is 3.95. The predicted octanol–water partition coefficient (Wildman–Crippen LogP) is 1.23. The van der Waals surface area contributed by atoms with Gasteiger partial charge in [0.05, 0.1) is 19.8 Å². The highest BCUT2D eigenvalue weighted by molar-refractivity contribution is 6.45. The van der Waals surface area contributed by atoms with Crippen LogP contribution in [0.15, 0.2) is 18.2 Å². The van der Waals surface area contributed by atoms with E-state index in [0.29, 0.717) is 36.0 Å². The van der Waals surface area contributed by atoms with E-state index in [0.717, 1.165) is 11.3 Å². The Morgan fingerprint density at radius 2 is 1.72 bits per heavy atom. The molecule has 1 fully saturated rings. The highest BCUT2D eigenvalue weighted by Gasteiger charge is 2.44. The van der Waals surface area contributed by atoms with Crippen LogP contribution in [0.4, 0.5) is 4.79 Å². The summed E-state index contributed by atoms with van der Waals surface area (Å²) in [6.07, 6.45) is 1.28. The van der Waals surface area contributed by atoms with Crippen molar-refractivity contribution in [2.45, 2.75) is 19.8 Å². The molecule has 4 amide bonds. The number of urea groups is 1. The first-order valence-corrected chi connectivity index (χ1v) is 8.13. The summed E-state index contributed by atoms with van der Waals surface area (Å²) in [5, 5.41) is 0. The topological polar surface area (TPSA) is 93.2 Å². The van der Waals surface area contributed by atoms with Gasteiger partial charge < -0.3 is 9.47 Å². The lowest BCUT2D eigenvalue weighted by molar-refractivity contribution is -0.143. The molecule has 0 atom stereocenters. The van der Waals surface area contributed by atoms with E-state index in [9.17, 15) is 19.2 Å². The lowest BCUT2D eigenvalue weighted by atomic mass is 10.1. The Labute approximate surface area is 144 Å². The number of nitrogens with zero attached hydrogens (tertiary/aromatic N) is 2. The van der Waals surface area contributed by atoms with Gasteiger partial charge in [-0.05, 0) is 24.6 Å². The van der Waals surface area contributed by atoms with E-state index in [1.54, 1.807) is 19.1 Å². The summed E-state index contributed by atoms with van der Waals surface area (Å²) < 4.78 is 11.0. The third kappa shape index (κ3) is 3.19. The Hall–Kier alpha value is -2.90. The average molecular weight is 346 g/mol. The maximum absolute atomic E-state index is 12.5. The van der Waals surface area contributed by atoms with Crippen molar-refractivity contribution in [1.82, 2.24) is 9.80 Å². The number of imide groups is 2. The molecule has 8 heteroatoms. The number of fused-ring (bicyclic) bond motifs is 1. The molecule has 0 aliphatic carbocycles. The van der Waals surface area contributed by atoms with Crippen molar-refractivity contribution >= 4 is 23.6 Å². The lowest BCUT2D eigenvalue weighted by Crippen LogP contribution is -2.37. The Balaban J connectivity index is 1.76. The monoisotopic (exact) mass is 346 g/mol. The Morgan fingerprint density at radius 1 is 1.04 bits per heavy atom. The second-order valence-corrected chi connectivity index (χ2v) is 5.77. The van der Waals surface area contributed by atoms with Crippen molar-refractivity contribution < 1.29 is 28.7 Å². The number of hydrogen-bond donors (Lipinski definition) is 0. The minimum atomic E-state index is -0.971. The van der Waals surface area contributed by atoms with Crippen molar-refractivity contribution in [2.75, 3.05) is 26.3 Å². The summed E-state index contributed by atoms with van der Waals surface area (Å²) in [5.41, 5.74) is 0.284. The largest absolute Gasteiger partial charge is 0.490 e. The van der Waals surface area contributed by atoms with Crippen LogP contribution >= 0.6 is 0 Å². The van der Waals surface area contributed by atoms with Crippen molar-refractivity contribution in [2.24, 2.45) is 0 Å². The molecule has 0 N–H and O–H groups in total. The lowest BCUT2D eigenvalue weighted by Gasteiger charge is -2.14. The Kier molecular flexibility index (Phi) is 4.69. The van der Waals surface area contributed by atoms with E-state index >= 15 is 0 Å². The molecule has 0 spiro atoms. The number of Topliss-reactive ketones (excluding diaryl/α,β-unsaturated/α-hetero) is 1. The zero-order valence-electron chi connectivity index (χ0n) is 13.8. The molecule has 0 radical (unpaired) electrons. The molecule has 0 aromatic heterocycles. The molecular weight excluding hydrogens is 328 g/mol. The maximum atomic E-state index is 12.5. The fraction of sp³-hybridized carbons (Fsp3) is 0.412. The molecule has 2 aliphatic heterocycles. The van der Waals surface area contributed by atoms with Crippen LogP contribution in [0.5, 0.6) is 11.5 Å². The number of carbonyl (C=O) groups is 4. The fourth-order valence-electron chi connectivity index (χ4n) is 2.68. The summed E-state index contributed by atoms with van der Waals surface area (Å²) in [4.78, 5) is 50.0. The van der Waals surface area contributed by atoms with Gasteiger partial charge in [0.2, 0.25) is 0 Å². The number of ketones is 1. The molecule has 1 saturated heterocycles. The van der Waals surface area contributed by atoms with Crippen LogP contribution in [0, 0.1) is 0 Å². The molecule has 0 unspecified atom stereocenters. The summed E-state index contributed by atoms with van der Waals surface area (Å²) >= 11 is 0. The van der Waals surface area contributed by atoms with Gasteiger partial charge in [-0.2, -0.15) is 0 Å². The molecule has 25 heavy (non-hydrogen) atoms. The molecular formula is C17H18N2O6. The Bertz CT molecular complexity index is 745. The van der Waals surface area contributed by atoms with Gasteiger partial charge >= 0.3 is 17.8 Å². The molecule has 0 bridgehead atoms. The van der Waals surface area contributed by atoms with Crippen molar-refractivity contribution in [1.29, 1.82) is 0 Å². The normalized spacial score (nSPS) is 17.1. The standard InChI is InChI=1S/C17H18N2O6/c1-2-6-18-15(21)16(22)19(17(18)23)10-12(20)11-4-5-13-14(9-11)25-8-3-7-24-13/h4-5,9H,2-3,6-8,10H2,1H3. The summed E-state index contributed by atoms with van der Waals surface area (Å²) in [6, 6.07) is 3.95. The van der Waals surface area contributed by atoms with Gasteiger partial charge in [-0.3, -0.25) is 19.3 Å². The minimum absolute atomic E-state index is 0.151. The molecule has 3 rings (SSSR count). The van der Waals surface area contributed by atoms with E-state index in [1.165, 1.54) is 6.07 Å². The first-order valence-electron chi connectivity index (χ1n) is 8.13. The quantitative estimate of drug-likeness (QED) is 0.452. The highest BCUT2D eigenvalue weighted by atomic mass is 16.5. The van der Waals surface area contributed by atoms with Crippen LogP contribution in [0.2, 0.25) is 0 Å². The van der Waals surface area contributed by atoms with Gasteiger partial charge in [0.1, 0.15) is 0 Å². The number of amides is 4. The second kappa shape index (κ2) is 6.92. The molecule has 2 aliphatic rings. The van der Waals surface area contributed by atoms with Crippen LogP contribution in [0.25, 0.3) is 0 Å². The number of hydrogen-bond acceptors (Lipinski definition) is 6. The van der Waals surface area contributed by atoms with Crippen LogP contribution in [0.3, 0.4) is 0 Å². The molecule has 132 valence electrons. The fourth-order valence-corrected chi connectivity index (χ4v) is 2.68. The molecule has 1 aromatic carbocycles. The van der Waals surface area contributed by atoms with Crippen LogP contribution in [-0.4, -0.2) is 59.7 Å². The predicted molar refractivity (Wildman–Crippen MR) is 85.5 cm³/mol. The number of benzene rings is 1.